The van der Waals surface area contributed by atoms with Crippen molar-refractivity contribution in [2.24, 2.45) is 5.73 Å². The molecule has 0 aliphatic carbocycles. The quantitative estimate of drug-likeness (QED) is 0.282. The lowest BCUT2D eigenvalue weighted by Gasteiger charge is -2.27. The van der Waals surface area contributed by atoms with Gasteiger partial charge in [0, 0.05) is 19.5 Å². The normalized spacial score (nSPS) is 18.4. The highest BCUT2D eigenvalue weighted by Crippen LogP contribution is 2.32. The summed E-state index contributed by atoms with van der Waals surface area (Å²) in [6, 6.07) is 3.46. The van der Waals surface area contributed by atoms with Gasteiger partial charge in [0.2, 0.25) is 17.7 Å². The Morgan fingerprint density at radius 3 is 2.73 bits per heavy atom. The Labute approximate surface area is 172 Å². The van der Waals surface area contributed by atoms with Crippen LogP contribution in [-0.2, 0) is 19.1 Å². The first kappa shape index (κ1) is 21.6. The number of nitrogens with one attached hydrogen (secondary N) is 3. The molecule has 0 saturated carbocycles. The molecule has 1 aromatic rings. The van der Waals surface area contributed by atoms with E-state index in [1.165, 1.54) is 12.1 Å². The number of anilines is 1. The average molecular weight is 417 g/mol. The Morgan fingerprint density at radius 2 is 2.00 bits per heavy atom. The molecule has 160 valence electrons. The lowest BCUT2D eigenvalue weighted by atomic mass is 10.0. The molecular weight excluding hydrogens is 394 g/mol. The zero-order valence-corrected chi connectivity index (χ0v) is 16.2. The van der Waals surface area contributed by atoms with Gasteiger partial charge in [-0.25, -0.2) is 0 Å². The SMILES string of the molecule is NCCOCCNCC(=O)Nc1cccc2c1C(=O)N(C1CCC(=O)NC1=O)C2=O. The van der Waals surface area contributed by atoms with E-state index in [1.807, 2.05) is 0 Å². The summed E-state index contributed by atoms with van der Waals surface area (Å²) in [7, 11) is 0. The maximum Gasteiger partial charge on any atom is 0.264 e. The van der Waals surface area contributed by atoms with E-state index in [4.69, 9.17) is 10.5 Å². The summed E-state index contributed by atoms with van der Waals surface area (Å²) in [6.45, 7) is 1.68. The lowest BCUT2D eigenvalue weighted by molar-refractivity contribution is -0.136. The third kappa shape index (κ3) is 4.53. The molecule has 1 unspecified atom stereocenters. The van der Waals surface area contributed by atoms with E-state index in [-0.39, 0.29) is 36.2 Å². The van der Waals surface area contributed by atoms with Crippen LogP contribution in [-0.4, -0.2) is 73.3 Å². The van der Waals surface area contributed by atoms with Crippen LogP contribution < -0.4 is 21.7 Å². The van der Waals surface area contributed by atoms with E-state index >= 15 is 0 Å². The molecule has 1 saturated heterocycles. The van der Waals surface area contributed by atoms with E-state index in [0.717, 1.165) is 4.90 Å². The number of carbonyl (C=O) groups excluding carboxylic acids is 5. The first-order valence-electron chi connectivity index (χ1n) is 9.57. The highest BCUT2D eigenvalue weighted by molar-refractivity contribution is 6.26. The molecular formula is C19H23N5O6. The van der Waals surface area contributed by atoms with Gasteiger partial charge < -0.3 is 21.1 Å². The number of nitrogens with two attached hydrogens (primary N) is 1. The molecule has 2 aliphatic rings. The number of hydrogen-bond acceptors (Lipinski definition) is 8. The molecule has 0 bridgehead atoms. The number of ether oxygens (including phenoxy) is 1. The van der Waals surface area contributed by atoms with Crippen LogP contribution in [0.2, 0.25) is 0 Å². The first-order chi connectivity index (χ1) is 14.4. The van der Waals surface area contributed by atoms with E-state index in [9.17, 15) is 24.0 Å². The molecule has 11 heteroatoms. The van der Waals surface area contributed by atoms with Crippen molar-refractivity contribution in [3.8, 4) is 0 Å². The van der Waals surface area contributed by atoms with E-state index in [1.54, 1.807) is 6.07 Å². The van der Waals surface area contributed by atoms with Crippen LogP contribution in [0.4, 0.5) is 5.69 Å². The molecule has 0 radical (unpaired) electrons. The third-order valence-electron chi connectivity index (χ3n) is 4.71. The number of piperidine rings is 1. The second kappa shape index (κ2) is 9.57. The molecule has 11 nitrogen and oxygen atoms in total. The zero-order chi connectivity index (χ0) is 21.7. The van der Waals surface area contributed by atoms with Gasteiger partial charge in [0.05, 0.1) is 36.6 Å². The molecule has 5 amide bonds. The Balaban J connectivity index is 1.67. The summed E-state index contributed by atoms with van der Waals surface area (Å²) >= 11 is 0. The van der Waals surface area contributed by atoms with E-state index in [0.29, 0.717) is 26.3 Å². The number of fused-ring (bicyclic) bond motifs is 1. The topological polar surface area (TPSA) is 160 Å². The molecule has 30 heavy (non-hydrogen) atoms. The number of imide groups is 2. The van der Waals surface area contributed by atoms with Gasteiger partial charge in [-0.1, -0.05) is 6.07 Å². The Bertz CT molecular complexity index is 886. The minimum absolute atomic E-state index is 0.0192. The molecule has 2 heterocycles. The second-order valence-electron chi connectivity index (χ2n) is 6.80. The van der Waals surface area contributed by atoms with Crippen LogP contribution in [0.25, 0.3) is 0 Å². The smallest absolute Gasteiger partial charge is 0.264 e. The summed E-state index contributed by atoms with van der Waals surface area (Å²) in [5.41, 5.74) is 5.64. The van der Waals surface area contributed by atoms with Crippen molar-refractivity contribution in [2.45, 2.75) is 18.9 Å². The Morgan fingerprint density at radius 1 is 1.20 bits per heavy atom. The van der Waals surface area contributed by atoms with E-state index < -0.39 is 35.6 Å². The molecule has 0 aromatic heterocycles. The fourth-order valence-corrected chi connectivity index (χ4v) is 3.35. The standard InChI is InChI=1S/C19H23N5O6/c20-6-8-30-9-7-21-10-15(26)22-12-3-1-2-11-16(12)19(29)24(18(11)28)13-4-5-14(25)23-17(13)27/h1-3,13,21H,4-10,20H2,(H,22,26)(H,23,25,27). The van der Waals surface area contributed by atoms with Crippen LogP contribution in [0.5, 0.6) is 0 Å². The van der Waals surface area contributed by atoms with Gasteiger partial charge in [-0.2, -0.15) is 0 Å². The summed E-state index contributed by atoms with van der Waals surface area (Å²) in [6.07, 6.45) is 0.0992. The fraction of sp³-hybridized carbons (Fsp3) is 0.421. The zero-order valence-electron chi connectivity index (χ0n) is 16.2. The maximum atomic E-state index is 12.9. The van der Waals surface area contributed by atoms with Crippen molar-refractivity contribution in [1.29, 1.82) is 0 Å². The minimum atomic E-state index is -1.06. The average Bonchev–Trinajstić information content (AvgIpc) is 2.96. The Hall–Kier alpha value is -3.15. The van der Waals surface area contributed by atoms with Crippen molar-refractivity contribution in [2.75, 3.05) is 38.2 Å². The molecule has 0 spiro atoms. The van der Waals surface area contributed by atoms with Crippen LogP contribution in [0, 0.1) is 0 Å². The van der Waals surface area contributed by atoms with Gasteiger partial charge in [-0.15, -0.1) is 0 Å². The highest BCUT2D eigenvalue weighted by atomic mass is 16.5. The van der Waals surface area contributed by atoms with Gasteiger partial charge >= 0.3 is 0 Å². The minimum Gasteiger partial charge on any atom is -0.379 e. The monoisotopic (exact) mass is 417 g/mol. The van der Waals surface area contributed by atoms with Gasteiger partial charge in [0.15, 0.2) is 0 Å². The number of hydrogen-bond donors (Lipinski definition) is 4. The second-order valence-corrected chi connectivity index (χ2v) is 6.80. The number of nitrogens with zero attached hydrogens (tertiary/aromatic N) is 1. The van der Waals surface area contributed by atoms with Crippen LogP contribution in [0.1, 0.15) is 33.6 Å². The van der Waals surface area contributed by atoms with Crippen LogP contribution >= 0.6 is 0 Å². The van der Waals surface area contributed by atoms with Crippen LogP contribution in [0.3, 0.4) is 0 Å². The lowest BCUT2D eigenvalue weighted by Crippen LogP contribution is -2.54. The van der Waals surface area contributed by atoms with Gasteiger partial charge in [0.25, 0.3) is 11.8 Å². The summed E-state index contributed by atoms with van der Waals surface area (Å²) < 4.78 is 5.19. The third-order valence-corrected chi connectivity index (χ3v) is 4.71. The molecule has 1 atom stereocenters. The van der Waals surface area contributed by atoms with Gasteiger partial charge in [0.1, 0.15) is 6.04 Å². The predicted octanol–water partition coefficient (Wildman–Crippen LogP) is -1.41. The summed E-state index contributed by atoms with van der Waals surface area (Å²) in [4.78, 5) is 62.3. The molecule has 5 N–H and O–H groups in total. The maximum absolute atomic E-state index is 12.9. The van der Waals surface area contributed by atoms with Crippen molar-refractivity contribution in [1.82, 2.24) is 15.5 Å². The fourth-order valence-electron chi connectivity index (χ4n) is 3.35. The summed E-state index contributed by atoms with van der Waals surface area (Å²) in [5, 5.41) is 7.66. The van der Waals surface area contributed by atoms with Crippen LogP contribution in [0.15, 0.2) is 18.2 Å². The van der Waals surface area contributed by atoms with Crippen molar-refractivity contribution in [3.05, 3.63) is 29.3 Å². The number of benzene rings is 1. The summed E-state index contributed by atoms with van der Waals surface area (Å²) in [5.74, 6) is -2.84. The first-order valence-corrected chi connectivity index (χ1v) is 9.57. The highest BCUT2D eigenvalue weighted by Gasteiger charge is 2.45. The number of rotatable bonds is 9. The van der Waals surface area contributed by atoms with Gasteiger partial charge in [-0.3, -0.25) is 34.2 Å². The predicted molar refractivity (Wildman–Crippen MR) is 104 cm³/mol. The Kier molecular flexibility index (Phi) is 6.87. The largest absolute Gasteiger partial charge is 0.379 e. The molecule has 3 rings (SSSR count). The van der Waals surface area contributed by atoms with Crippen molar-refractivity contribution < 1.29 is 28.7 Å². The molecule has 2 aliphatic heterocycles. The molecule has 1 aromatic carbocycles. The number of amides is 5. The van der Waals surface area contributed by atoms with Gasteiger partial charge in [-0.05, 0) is 18.6 Å². The van der Waals surface area contributed by atoms with E-state index in [2.05, 4.69) is 16.0 Å². The van der Waals surface area contributed by atoms with Crippen molar-refractivity contribution >= 4 is 35.2 Å². The molecule has 1 fully saturated rings. The van der Waals surface area contributed by atoms with Crippen molar-refractivity contribution in [3.63, 3.8) is 0 Å². The number of carbonyl (C=O) groups is 5.